The molecule has 1 atom stereocenters. The minimum absolute atomic E-state index is 0.119. The second-order valence-corrected chi connectivity index (χ2v) is 8.71. The van der Waals surface area contributed by atoms with E-state index in [1.807, 2.05) is 0 Å². The SMILES string of the molecule is CCCC(CCC)CC(C(=O)Nc1nccs1)c1ccc(SC(F)(F)F)cc1. The maximum Gasteiger partial charge on any atom is 0.446 e. The van der Waals surface area contributed by atoms with Gasteiger partial charge in [0.25, 0.3) is 0 Å². The van der Waals surface area contributed by atoms with Crippen molar-refractivity contribution in [3.8, 4) is 0 Å². The van der Waals surface area contributed by atoms with Gasteiger partial charge in [-0.3, -0.25) is 4.79 Å². The summed E-state index contributed by atoms with van der Waals surface area (Å²) in [4.78, 5) is 17.2. The molecule has 3 nitrogen and oxygen atoms in total. The van der Waals surface area contributed by atoms with E-state index >= 15 is 0 Å². The van der Waals surface area contributed by atoms with Crippen LogP contribution >= 0.6 is 23.1 Å². The van der Waals surface area contributed by atoms with E-state index in [-0.39, 0.29) is 22.6 Å². The third-order valence-corrected chi connectivity index (χ3v) is 5.89. The van der Waals surface area contributed by atoms with Crippen LogP contribution < -0.4 is 5.32 Å². The van der Waals surface area contributed by atoms with Crippen LogP contribution in [0.2, 0.25) is 0 Å². The zero-order valence-corrected chi connectivity index (χ0v) is 17.6. The number of benzene rings is 1. The molecule has 1 aromatic carbocycles. The van der Waals surface area contributed by atoms with E-state index in [0.29, 0.717) is 17.5 Å². The van der Waals surface area contributed by atoms with E-state index < -0.39 is 11.4 Å². The van der Waals surface area contributed by atoms with Gasteiger partial charge in [0.05, 0.1) is 5.92 Å². The van der Waals surface area contributed by atoms with E-state index in [2.05, 4.69) is 24.1 Å². The Hall–Kier alpha value is -1.54. The Balaban J connectivity index is 2.21. The number of hydrogen-bond acceptors (Lipinski definition) is 4. The molecule has 0 fully saturated rings. The molecule has 154 valence electrons. The number of carbonyl (C=O) groups excluding carboxylic acids is 1. The van der Waals surface area contributed by atoms with Gasteiger partial charge in [0.15, 0.2) is 5.13 Å². The summed E-state index contributed by atoms with van der Waals surface area (Å²) in [5.41, 5.74) is -3.59. The van der Waals surface area contributed by atoms with E-state index in [0.717, 1.165) is 31.2 Å². The quantitative estimate of drug-likeness (QED) is 0.409. The summed E-state index contributed by atoms with van der Waals surface area (Å²) in [7, 11) is 0. The Morgan fingerprint density at radius 2 is 1.82 bits per heavy atom. The first-order valence-corrected chi connectivity index (χ1v) is 11.1. The lowest BCUT2D eigenvalue weighted by Gasteiger charge is -2.23. The van der Waals surface area contributed by atoms with Gasteiger partial charge in [-0.1, -0.05) is 51.7 Å². The normalized spacial score (nSPS) is 12.9. The van der Waals surface area contributed by atoms with E-state index in [1.54, 1.807) is 23.7 Å². The molecule has 2 aromatic rings. The molecule has 1 amide bonds. The third kappa shape index (κ3) is 7.47. The zero-order valence-electron chi connectivity index (χ0n) is 16.0. The number of nitrogens with zero attached hydrogens (tertiary/aromatic N) is 1. The summed E-state index contributed by atoms with van der Waals surface area (Å²) >= 11 is 1.20. The highest BCUT2D eigenvalue weighted by atomic mass is 32.2. The topological polar surface area (TPSA) is 42.0 Å². The average molecular weight is 431 g/mol. The first kappa shape index (κ1) is 22.7. The fraction of sp³-hybridized carbons (Fsp3) is 0.500. The van der Waals surface area contributed by atoms with Gasteiger partial charge in [-0.15, -0.1) is 11.3 Å². The number of rotatable bonds is 10. The van der Waals surface area contributed by atoms with Crippen LogP contribution in [0.15, 0.2) is 40.7 Å². The van der Waals surface area contributed by atoms with Crippen LogP contribution in [-0.4, -0.2) is 16.4 Å². The molecule has 0 bridgehead atoms. The van der Waals surface area contributed by atoms with Gasteiger partial charge < -0.3 is 5.32 Å². The van der Waals surface area contributed by atoms with Gasteiger partial charge in [0.1, 0.15) is 0 Å². The summed E-state index contributed by atoms with van der Waals surface area (Å²) in [5.74, 6) is -0.188. The number of hydrogen-bond donors (Lipinski definition) is 1. The molecule has 8 heteroatoms. The number of aromatic nitrogens is 1. The van der Waals surface area contributed by atoms with Crippen molar-refractivity contribution in [2.45, 2.75) is 62.3 Å². The number of thiazole rings is 1. The molecule has 1 heterocycles. The molecule has 2 rings (SSSR count). The monoisotopic (exact) mass is 430 g/mol. The van der Waals surface area contributed by atoms with Gasteiger partial charge in [0.2, 0.25) is 5.91 Å². The van der Waals surface area contributed by atoms with Gasteiger partial charge in [-0.2, -0.15) is 13.2 Å². The van der Waals surface area contributed by atoms with Gasteiger partial charge >= 0.3 is 5.51 Å². The lowest BCUT2D eigenvalue weighted by Crippen LogP contribution is -2.23. The molecule has 0 aliphatic rings. The van der Waals surface area contributed by atoms with Crippen molar-refractivity contribution in [2.75, 3.05) is 5.32 Å². The molecule has 0 radical (unpaired) electrons. The van der Waals surface area contributed by atoms with E-state index in [4.69, 9.17) is 0 Å². The second-order valence-electron chi connectivity index (χ2n) is 6.68. The van der Waals surface area contributed by atoms with Crippen LogP contribution in [0.25, 0.3) is 0 Å². The molecule has 1 unspecified atom stereocenters. The Labute approximate surface area is 172 Å². The molecule has 1 N–H and O–H groups in total. The summed E-state index contributed by atoms with van der Waals surface area (Å²) in [6, 6.07) is 6.14. The molecule has 28 heavy (non-hydrogen) atoms. The summed E-state index contributed by atoms with van der Waals surface area (Å²) in [5, 5.41) is 5.16. The van der Waals surface area contributed by atoms with Crippen LogP contribution in [0, 0.1) is 5.92 Å². The van der Waals surface area contributed by atoms with Gasteiger partial charge in [0, 0.05) is 16.5 Å². The molecule has 0 saturated heterocycles. The number of amides is 1. The largest absolute Gasteiger partial charge is 0.446 e. The van der Waals surface area contributed by atoms with Crippen LogP contribution in [0.5, 0.6) is 0 Å². The summed E-state index contributed by atoms with van der Waals surface area (Å²) in [6.45, 7) is 4.24. The molecule has 0 spiro atoms. The molecule has 1 aromatic heterocycles. The van der Waals surface area contributed by atoms with Crippen LogP contribution in [0.3, 0.4) is 0 Å². The highest BCUT2D eigenvalue weighted by molar-refractivity contribution is 8.00. The molecule has 0 aliphatic carbocycles. The zero-order chi connectivity index (χ0) is 20.6. The minimum Gasteiger partial charge on any atom is -0.301 e. The smallest absolute Gasteiger partial charge is 0.301 e. The highest BCUT2D eigenvalue weighted by Crippen LogP contribution is 2.38. The Kier molecular flexibility index (Phi) is 8.82. The Morgan fingerprint density at radius 3 is 2.32 bits per heavy atom. The van der Waals surface area contributed by atoms with Crippen LogP contribution in [-0.2, 0) is 4.79 Å². The predicted octanol–water partition coefficient (Wildman–Crippen LogP) is 7.08. The minimum atomic E-state index is -4.32. The van der Waals surface area contributed by atoms with Crippen molar-refractivity contribution in [1.82, 2.24) is 4.98 Å². The van der Waals surface area contributed by atoms with Crippen molar-refractivity contribution in [3.05, 3.63) is 41.4 Å². The van der Waals surface area contributed by atoms with Crippen molar-refractivity contribution < 1.29 is 18.0 Å². The average Bonchev–Trinajstić information content (AvgIpc) is 3.12. The summed E-state index contributed by atoms with van der Waals surface area (Å²) < 4.78 is 37.7. The Bertz CT molecular complexity index is 712. The van der Waals surface area contributed by atoms with Gasteiger partial charge in [-0.05, 0) is 41.8 Å². The van der Waals surface area contributed by atoms with Crippen molar-refractivity contribution >= 4 is 34.1 Å². The number of thioether (sulfide) groups is 1. The Morgan fingerprint density at radius 1 is 1.18 bits per heavy atom. The summed E-state index contributed by atoms with van der Waals surface area (Å²) in [6.07, 6.45) is 6.41. The number of carbonyl (C=O) groups is 1. The predicted molar refractivity (Wildman–Crippen MR) is 110 cm³/mol. The fourth-order valence-corrected chi connectivity index (χ4v) is 4.38. The number of alkyl halides is 3. The lowest BCUT2D eigenvalue weighted by molar-refractivity contribution is -0.118. The first-order valence-electron chi connectivity index (χ1n) is 9.38. The lowest BCUT2D eigenvalue weighted by atomic mass is 9.84. The van der Waals surface area contributed by atoms with Crippen molar-refractivity contribution in [1.29, 1.82) is 0 Å². The molecular formula is C20H25F3N2OS2. The van der Waals surface area contributed by atoms with Crippen LogP contribution in [0.1, 0.15) is 57.4 Å². The van der Waals surface area contributed by atoms with E-state index in [1.165, 1.54) is 23.5 Å². The van der Waals surface area contributed by atoms with Crippen molar-refractivity contribution in [3.63, 3.8) is 0 Å². The third-order valence-electron chi connectivity index (χ3n) is 4.46. The molecular weight excluding hydrogens is 405 g/mol. The number of anilines is 1. The van der Waals surface area contributed by atoms with Crippen molar-refractivity contribution in [2.24, 2.45) is 5.92 Å². The first-order chi connectivity index (χ1) is 13.3. The second kappa shape index (κ2) is 10.9. The molecule has 0 aliphatic heterocycles. The molecule has 0 saturated carbocycles. The maximum absolute atomic E-state index is 12.9. The standard InChI is InChI=1S/C20H25F3N2OS2/c1-3-5-14(6-4-2)13-17(18(26)25-19-24-11-12-27-19)15-7-9-16(10-8-15)28-20(21,22)23/h7-12,14,17H,3-6,13H2,1-2H3,(H,24,25,26). The fourth-order valence-electron chi connectivity index (χ4n) is 3.30. The van der Waals surface area contributed by atoms with Gasteiger partial charge in [-0.25, -0.2) is 4.98 Å². The van der Waals surface area contributed by atoms with Crippen LogP contribution in [0.4, 0.5) is 18.3 Å². The number of halogens is 3. The van der Waals surface area contributed by atoms with E-state index in [9.17, 15) is 18.0 Å². The maximum atomic E-state index is 12.9. The highest BCUT2D eigenvalue weighted by Gasteiger charge is 2.30. The number of nitrogens with one attached hydrogen (secondary N) is 1.